The molecule has 1 heterocycles. The van der Waals surface area contributed by atoms with Gasteiger partial charge in [-0.05, 0) is 31.0 Å². The molecule has 5 heteroatoms. The standard InChI is InChI=1S/C15H19ClFN3/c1-3-4-5-14-19-13(15(16)20-14)9-18-12-8-11(17)7-6-10(12)2/h6-8,18H,3-5,9H2,1-2H3,(H,19,20). The Hall–Kier alpha value is -1.55. The van der Waals surface area contributed by atoms with Crippen molar-refractivity contribution in [3.05, 3.63) is 46.3 Å². The second-order valence-electron chi connectivity index (χ2n) is 4.87. The maximum atomic E-state index is 13.2. The Morgan fingerprint density at radius 1 is 1.40 bits per heavy atom. The molecule has 0 fully saturated rings. The maximum Gasteiger partial charge on any atom is 0.152 e. The quantitative estimate of drug-likeness (QED) is 0.826. The van der Waals surface area contributed by atoms with Crippen LogP contribution in [0.25, 0.3) is 0 Å². The van der Waals surface area contributed by atoms with Gasteiger partial charge in [-0.15, -0.1) is 0 Å². The van der Waals surface area contributed by atoms with Crippen molar-refractivity contribution in [1.82, 2.24) is 9.97 Å². The Balaban J connectivity index is 2.03. The van der Waals surface area contributed by atoms with E-state index in [-0.39, 0.29) is 5.82 Å². The molecule has 108 valence electrons. The highest BCUT2D eigenvalue weighted by molar-refractivity contribution is 6.30. The number of H-pyrrole nitrogens is 1. The zero-order chi connectivity index (χ0) is 14.5. The van der Waals surface area contributed by atoms with Gasteiger partial charge in [0.15, 0.2) is 5.15 Å². The largest absolute Gasteiger partial charge is 0.379 e. The van der Waals surface area contributed by atoms with Gasteiger partial charge in [0, 0.05) is 12.1 Å². The molecule has 0 amide bonds. The summed E-state index contributed by atoms with van der Waals surface area (Å²) < 4.78 is 13.2. The first-order valence-corrected chi connectivity index (χ1v) is 7.21. The first-order chi connectivity index (χ1) is 9.60. The van der Waals surface area contributed by atoms with Gasteiger partial charge in [-0.25, -0.2) is 9.37 Å². The van der Waals surface area contributed by atoms with E-state index >= 15 is 0 Å². The fraction of sp³-hybridized carbons (Fsp3) is 0.400. The van der Waals surface area contributed by atoms with Crippen LogP contribution in [-0.2, 0) is 13.0 Å². The zero-order valence-corrected chi connectivity index (χ0v) is 12.5. The number of benzene rings is 1. The molecular weight excluding hydrogens is 277 g/mol. The molecular formula is C15H19ClFN3. The van der Waals surface area contributed by atoms with Gasteiger partial charge in [-0.1, -0.05) is 31.0 Å². The summed E-state index contributed by atoms with van der Waals surface area (Å²) in [4.78, 5) is 7.52. The van der Waals surface area contributed by atoms with E-state index in [1.165, 1.54) is 12.1 Å². The van der Waals surface area contributed by atoms with Crippen LogP contribution in [0.1, 0.15) is 36.8 Å². The first kappa shape index (κ1) is 14.9. The second kappa shape index (κ2) is 6.75. The zero-order valence-electron chi connectivity index (χ0n) is 11.8. The highest BCUT2D eigenvalue weighted by Gasteiger charge is 2.08. The van der Waals surface area contributed by atoms with Crippen molar-refractivity contribution >= 4 is 17.3 Å². The van der Waals surface area contributed by atoms with Crippen molar-refractivity contribution in [1.29, 1.82) is 0 Å². The predicted octanol–water partition coefficient (Wildman–Crippen LogP) is 4.47. The molecule has 0 aliphatic carbocycles. The van der Waals surface area contributed by atoms with Crippen LogP contribution < -0.4 is 5.32 Å². The number of anilines is 1. The van der Waals surface area contributed by atoms with Gasteiger partial charge in [0.25, 0.3) is 0 Å². The van der Waals surface area contributed by atoms with E-state index in [2.05, 4.69) is 22.2 Å². The minimum atomic E-state index is -0.252. The molecule has 0 saturated carbocycles. The maximum absolute atomic E-state index is 13.2. The Morgan fingerprint density at radius 3 is 2.95 bits per heavy atom. The topological polar surface area (TPSA) is 40.7 Å². The number of halogens is 2. The van der Waals surface area contributed by atoms with Crippen LogP contribution in [0.2, 0.25) is 5.15 Å². The van der Waals surface area contributed by atoms with Crippen molar-refractivity contribution in [2.45, 2.75) is 39.7 Å². The van der Waals surface area contributed by atoms with Crippen molar-refractivity contribution in [3.63, 3.8) is 0 Å². The van der Waals surface area contributed by atoms with Crippen LogP contribution in [0.15, 0.2) is 18.2 Å². The number of aryl methyl sites for hydroxylation is 2. The SMILES string of the molecule is CCCCc1nc(Cl)c(CNc2cc(F)ccc2C)[nH]1. The summed E-state index contributed by atoms with van der Waals surface area (Å²) in [6.45, 7) is 4.57. The number of aromatic nitrogens is 2. The van der Waals surface area contributed by atoms with E-state index in [0.717, 1.165) is 42.0 Å². The number of unbranched alkanes of at least 4 members (excludes halogenated alkanes) is 1. The second-order valence-corrected chi connectivity index (χ2v) is 5.23. The van der Waals surface area contributed by atoms with Crippen molar-refractivity contribution in [2.24, 2.45) is 0 Å². The fourth-order valence-corrected chi connectivity index (χ4v) is 2.20. The summed E-state index contributed by atoms with van der Waals surface area (Å²) in [7, 11) is 0. The summed E-state index contributed by atoms with van der Waals surface area (Å²) in [5.74, 6) is 0.655. The number of nitrogens with zero attached hydrogens (tertiary/aromatic N) is 1. The van der Waals surface area contributed by atoms with Crippen LogP contribution in [0.3, 0.4) is 0 Å². The molecule has 3 nitrogen and oxygen atoms in total. The Bertz CT molecular complexity index is 580. The molecule has 0 atom stereocenters. The van der Waals surface area contributed by atoms with Gasteiger partial charge < -0.3 is 10.3 Å². The van der Waals surface area contributed by atoms with Crippen molar-refractivity contribution < 1.29 is 4.39 Å². The summed E-state index contributed by atoms with van der Waals surface area (Å²) in [5.41, 5.74) is 2.60. The average Bonchev–Trinajstić information content (AvgIpc) is 2.78. The molecule has 2 N–H and O–H groups in total. The summed E-state index contributed by atoms with van der Waals surface area (Å²) >= 11 is 6.10. The fourth-order valence-electron chi connectivity index (χ4n) is 1.99. The monoisotopic (exact) mass is 295 g/mol. The number of imidazole rings is 1. The molecule has 1 aromatic carbocycles. The highest BCUT2D eigenvalue weighted by Crippen LogP contribution is 2.19. The molecule has 0 radical (unpaired) electrons. The van der Waals surface area contributed by atoms with Gasteiger partial charge in [-0.2, -0.15) is 0 Å². The Morgan fingerprint density at radius 2 is 2.20 bits per heavy atom. The lowest BCUT2D eigenvalue weighted by Gasteiger charge is -2.08. The minimum absolute atomic E-state index is 0.252. The third-order valence-corrected chi connectivity index (χ3v) is 3.51. The normalized spacial score (nSPS) is 10.8. The lowest BCUT2D eigenvalue weighted by atomic mass is 10.2. The van der Waals surface area contributed by atoms with E-state index < -0.39 is 0 Å². The van der Waals surface area contributed by atoms with Crippen LogP contribution in [0.5, 0.6) is 0 Å². The number of nitrogens with one attached hydrogen (secondary N) is 2. The lowest BCUT2D eigenvalue weighted by Crippen LogP contribution is -2.02. The van der Waals surface area contributed by atoms with E-state index in [1.807, 2.05) is 6.92 Å². The number of hydrogen-bond acceptors (Lipinski definition) is 2. The van der Waals surface area contributed by atoms with Crippen molar-refractivity contribution in [3.8, 4) is 0 Å². The molecule has 2 aromatic rings. The average molecular weight is 296 g/mol. The minimum Gasteiger partial charge on any atom is -0.379 e. The van der Waals surface area contributed by atoms with Gasteiger partial charge in [0.05, 0.1) is 12.2 Å². The van der Waals surface area contributed by atoms with Crippen LogP contribution in [0.4, 0.5) is 10.1 Å². The van der Waals surface area contributed by atoms with E-state index in [4.69, 9.17) is 11.6 Å². The summed E-state index contributed by atoms with van der Waals surface area (Å²) in [5, 5.41) is 3.67. The molecule has 0 unspecified atom stereocenters. The van der Waals surface area contributed by atoms with Crippen LogP contribution >= 0.6 is 11.6 Å². The molecule has 20 heavy (non-hydrogen) atoms. The van der Waals surface area contributed by atoms with E-state index in [1.54, 1.807) is 6.07 Å². The number of rotatable bonds is 6. The molecule has 0 aliphatic heterocycles. The number of hydrogen-bond donors (Lipinski definition) is 2. The smallest absolute Gasteiger partial charge is 0.152 e. The molecule has 2 rings (SSSR count). The van der Waals surface area contributed by atoms with Crippen LogP contribution in [0, 0.1) is 12.7 Å². The Kier molecular flexibility index (Phi) is 5.01. The van der Waals surface area contributed by atoms with Crippen LogP contribution in [-0.4, -0.2) is 9.97 Å². The third kappa shape index (κ3) is 3.73. The number of aromatic amines is 1. The van der Waals surface area contributed by atoms with Gasteiger partial charge in [-0.3, -0.25) is 0 Å². The van der Waals surface area contributed by atoms with Gasteiger partial charge in [0.2, 0.25) is 0 Å². The van der Waals surface area contributed by atoms with E-state index in [9.17, 15) is 4.39 Å². The highest BCUT2D eigenvalue weighted by atomic mass is 35.5. The summed E-state index contributed by atoms with van der Waals surface area (Å²) in [6.07, 6.45) is 3.10. The molecule has 0 bridgehead atoms. The van der Waals surface area contributed by atoms with Gasteiger partial charge >= 0.3 is 0 Å². The summed E-state index contributed by atoms with van der Waals surface area (Å²) in [6, 6.07) is 4.68. The molecule has 0 saturated heterocycles. The first-order valence-electron chi connectivity index (χ1n) is 6.83. The molecule has 1 aromatic heterocycles. The molecule has 0 spiro atoms. The molecule has 0 aliphatic rings. The predicted molar refractivity (Wildman–Crippen MR) is 80.7 cm³/mol. The Labute approximate surface area is 123 Å². The lowest BCUT2D eigenvalue weighted by molar-refractivity contribution is 0.628. The van der Waals surface area contributed by atoms with Gasteiger partial charge in [0.1, 0.15) is 11.6 Å². The van der Waals surface area contributed by atoms with Crippen molar-refractivity contribution in [2.75, 3.05) is 5.32 Å². The van der Waals surface area contributed by atoms with E-state index in [0.29, 0.717) is 11.7 Å². The third-order valence-electron chi connectivity index (χ3n) is 3.20.